The molecule has 2 aromatic carbocycles. The van der Waals surface area contributed by atoms with E-state index in [0.717, 1.165) is 11.1 Å². The number of carbonyl (C=O) groups excluding carboxylic acids is 2. The minimum Gasteiger partial charge on any atom is -0.497 e. The second kappa shape index (κ2) is 11.2. The van der Waals surface area contributed by atoms with E-state index in [4.69, 9.17) is 18.6 Å². The SMILES string of the molecule is CCOC(=O)C1=C(C)N=c2sc(=Cc3ccc(-c4ccc(C(=O)OC)cc4)o3)c(=O)n2[C@@H]1c1ccc(OC)cc1. The highest BCUT2D eigenvalue weighted by molar-refractivity contribution is 7.07. The summed E-state index contributed by atoms with van der Waals surface area (Å²) in [5, 5.41) is 0. The molecule has 0 spiro atoms. The molecule has 0 fully saturated rings. The lowest BCUT2D eigenvalue weighted by atomic mass is 9.96. The van der Waals surface area contributed by atoms with Crippen LogP contribution in [-0.4, -0.2) is 37.3 Å². The summed E-state index contributed by atoms with van der Waals surface area (Å²) < 4.78 is 23.3. The molecule has 0 aliphatic carbocycles. The van der Waals surface area contributed by atoms with Crippen LogP contribution in [0.2, 0.25) is 0 Å². The van der Waals surface area contributed by atoms with Crippen LogP contribution in [0.25, 0.3) is 17.4 Å². The van der Waals surface area contributed by atoms with Crippen LogP contribution in [0.3, 0.4) is 0 Å². The molecule has 10 heteroatoms. The maximum Gasteiger partial charge on any atom is 0.338 e. The number of thiazole rings is 1. The van der Waals surface area contributed by atoms with Gasteiger partial charge in [0.25, 0.3) is 5.56 Å². The van der Waals surface area contributed by atoms with Crippen LogP contribution >= 0.6 is 11.3 Å². The lowest BCUT2D eigenvalue weighted by Gasteiger charge is -2.24. The number of rotatable bonds is 7. The van der Waals surface area contributed by atoms with Crippen LogP contribution in [0.15, 0.2) is 86.1 Å². The maximum atomic E-state index is 13.8. The summed E-state index contributed by atoms with van der Waals surface area (Å²) in [4.78, 5) is 43.6. The molecule has 0 amide bonds. The van der Waals surface area contributed by atoms with Gasteiger partial charge in [0.2, 0.25) is 0 Å². The molecule has 3 heterocycles. The normalized spacial score (nSPS) is 14.9. The van der Waals surface area contributed by atoms with E-state index in [2.05, 4.69) is 4.99 Å². The summed E-state index contributed by atoms with van der Waals surface area (Å²) in [6, 6.07) is 16.9. The topological polar surface area (TPSA) is 109 Å². The third-order valence-corrected chi connectivity index (χ3v) is 7.42. The van der Waals surface area contributed by atoms with Gasteiger partial charge < -0.3 is 18.6 Å². The Kier molecular flexibility index (Phi) is 7.52. The second-order valence-corrected chi connectivity index (χ2v) is 9.86. The van der Waals surface area contributed by atoms with Crippen molar-refractivity contribution >= 4 is 29.4 Å². The third kappa shape index (κ3) is 5.01. The number of nitrogens with zero attached hydrogens (tertiary/aromatic N) is 2. The fourth-order valence-corrected chi connectivity index (χ4v) is 5.52. The van der Waals surface area contributed by atoms with Crippen LogP contribution in [-0.2, 0) is 14.3 Å². The Morgan fingerprint density at radius 1 is 1.02 bits per heavy atom. The first-order chi connectivity index (χ1) is 19.3. The minimum atomic E-state index is -0.719. The number of fused-ring (bicyclic) bond motifs is 1. The van der Waals surface area contributed by atoms with Gasteiger partial charge in [-0.25, -0.2) is 14.6 Å². The van der Waals surface area contributed by atoms with Gasteiger partial charge in [0.15, 0.2) is 4.80 Å². The molecule has 204 valence electrons. The Morgan fingerprint density at radius 2 is 1.75 bits per heavy atom. The average molecular weight is 559 g/mol. The van der Waals surface area contributed by atoms with Crippen molar-refractivity contribution in [1.29, 1.82) is 0 Å². The number of methoxy groups -OCH3 is 2. The van der Waals surface area contributed by atoms with Gasteiger partial charge in [-0.1, -0.05) is 35.6 Å². The fraction of sp³-hybridized carbons (Fsp3) is 0.200. The van der Waals surface area contributed by atoms with Gasteiger partial charge in [0.1, 0.15) is 17.3 Å². The van der Waals surface area contributed by atoms with E-state index < -0.39 is 18.0 Å². The van der Waals surface area contributed by atoms with Crippen molar-refractivity contribution in [3.05, 3.63) is 109 Å². The molecule has 0 saturated carbocycles. The molecule has 1 aliphatic rings. The number of esters is 2. The molecule has 0 radical (unpaired) electrons. The number of aromatic nitrogens is 1. The molecule has 2 aromatic heterocycles. The third-order valence-electron chi connectivity index (χ3n) is 6.44. The van der Waals surface area contributed by atoms with Crippen molar-refractivity contribution in [2.24, 2.45) is 4.99 Å². The molecule has 40 heavy (non-hydrogen) atoms. The average Bonchev–Trinajstić information content (AvgIpc) is 3.56. The molecule has 9 nitrogen and oxygen atoms in total. The van der Waals surface area contributed by atoms with Crippen molar-refractivity contribution in [2.45, 2.75) is 19.9 Å². The first-order valence-electron chi connectivity index (χ1n) is 12.5. The summed E-state index contributed by atoms with van der Waals surface area (Å²) >= 11 is 1.21. The number of benzene rings is 2. The molecule has 0 saturated heterocycles. The monoisotopic (exact) mass is 558 g/mol. The van der Waals surface area contributed by atoms with Crippen molar-refractivity contribution in [2.75, 3.05) is 20.8 Å². The first kappa shape index (κ1) is 26.9. The van der Waals surface area contributed by atoms with Crippen molar-refractivity contribution in [1.82, 2.24) is 4.57 Å². The zero-order valence-corrected chi connectivity index (χ0v) is 23.1. The van der Waals surface area contributed by atoms with E-state index in [9.17, 15) is 14.4 Å². The van der Waals surface area contributed by atoms with Crippen molar-refractivity contribution in [3.63, 3.8) is 0 Å². The zero-order valence-electron chi connectivity index (χ0n) is 22.3. The van der Waals surface area contributed by atoms with Gasteiger partial charge in [0.05, 0.1) is 48.2 Å². The summed E-state index contributed by atoms with van der Waals surface area (Å²) in [5.41, 5.74) is 2.41. The molecule has 1 aliphatic heterocycles. The first-order valence-corrected chi connectivity index (χ1v) is 13.3. The number of carbonyl (C=O) groups is 2. The highest BCUT2D eigenvalue weighted by Gasteiger charge is 2.33. The van der Waals surface area contributed by atoms with E-state index in [0.29, 0.717) is 43.4 Å². The molecule has 0 bridgehead atoms. The highest BCUT2D eigenvalue weighted by Crippen LogP contribution is 2.31. The number of allylic oxidation sites excluding steroid dienone is 1. The smallest absolute Gasteiger partial charge is 0.338 e. The summed E-state index contributed by atoms with van der Waals surface area (Å²) in [6.45, 7) is 3.67. The Bertz CT molecular complexity index is 1790. The highest BCUT2D eigenvalue weighted by atomic mass is 32.1. The Labute approximate surface area is 233 Å². The molecule has 4 aromatic rings. The second-order valence-electron chi connectivity index (χ2n) is 8.85. The molecular formula is C30H26N2O7S. The Balaban J connectivity index is 1.57. The van der Waals surface area contributed by atoms with Crippen LogP contribution in [0.5, 0.6) is 5.75 Å². The number of ether oxygens (including phenoxy) is 3. The van der Waals surface area contributed by atoms with E-state index in [-0.39, 0.29) is 12.2 Å². The van der Waals surface area contributed by atoms with E-state index in [1.54, 1.807) is 75.6 Å². The number of hydrogen-bond donors (Lipinski definition) is 0. The lowest BCUT2D eigenvalue weighted by molar-refractivity contribution is -0.139. The molecule has 5 rings (SSSR count). The fourth-order valence-electron chi connectivity index (χ4n) is 4.50. The molecule has 0 N–H and O–H groups in total. The van der Waals surface area contributed by atoms with Gasteiger partial charge in [-0.3, -0.25) is 9.36 Å². The standard InChI is InChI=1S/C30H26N2O7S/c1-5-38-29(35)25-17(2)31-30-32(26(25)19-10-12-21(36-3)13-11-19)27(33)24(40-30)16-22-14-15-23(39-22)18-6-8-20(9-7-18)28(34)37-4/h6-16,26H,5H2,1-4H3/t26-/m1/s1. The quantitative estimate of drug-likeness (QED) is 0.317. The maximum absolute atomic E-state index is 13.8. The Hall–Kier alpha value is -4.70. The van der Waals surface area contributed by atoms with E-state index in [1.165, 1.54) is 23.0 Å². The van der Waals surface area contributed by atoms with Crippen LogP contribution in [0.1, 0.15) is 41.6 Å². The minimum absolute atomic E-state index is 0.196. The summed E-state index contributed by atoms with van der Waals surface area (Å²) in [6.07, 6.45) is 1.66. The van der Waals surface area contributed by atoms with Crippen molar-refractivity contribution in [3.8, 4) is 17.1 Å². The molecule has 0 unspecified atom stereocenters. The van der Waals surface area contributed by atoms with Gasteiger partial charge in [0, 0.05) is 11.6 Å². The lowest BCUT2D eigenvalue weighted by Crippen LogP contribution is -2.39. The van der Waals surface area contributed by atoms with Gasteiger partial charge in [-0.2, -0.15) is 0 Å². The molecule has 1 atom stereocenters. The van der Waals surface area contributed by atoms with Crippen molar-refractivity contribution < 1.29 is 28.2 Å². The van der Waals surface area contributed by atoms with Crippen LogP contribution in [0.4, 0.5) is 0 Å². The van der Waals surface area contributed by atoms with Gasteiger partial charge >= 0.3 is 11.9 Å². The van der Waals surface area contributed by atoms with Crippen LogP contribution in [0, 0.1) is 0 Å². The van der Waals surface area contributed by atoms with E-state index in [1.807, 2.05) is 12.1 Å². The van der Waals surface area contributed by atoms with Gasteiger partial charge in [-0.05, 0) is 55.8 Å². The summed E-state index contributed by atoms with van der Waals surface area (Å²) in [7, 11) is 2.90. The number of furan rings is 1. The predicted molar refractivity (Wildman–Crippen MR) is 149 cm³/mol. The predicted octanol–water partition coefficient (Wildman–Crippen LogP) is 3.85. The number of hydrogen-bond acceptors (Lipinski definition) is 9. The zero-order chi connectivity index (χ0) is 28.4. The van der Waals surface area contributed by atoms with Crippen LogP contribution < -0.4 is 19.6 Å². The molecular weight excluding hydrogens is 532 g/mol. The van der Waals surface area contributed by atoms with E-state index >= 15 is 0 Å². The Morgan fingerprint density at radius 3 is 2.40 bits per heavy atom. The van der Waals surface area contributed by atoms with Gasteiger partial charge in [-0.15, -0.1) is 0 Å². The summed E-state index contributed by atoms with van der Waals surface area (Å²) in [5.74, 6) is 0.763. The largest absolute Gasteiger partial charge is 0.497 e.